The molecule has 2 aromatic carbocycles. The Balaban J connectivity index is 1.82. The number of carbonyl (C=O) groups excluding carboxylic acids is 1. The largest absolute Gasteiger partial charge is 0.430 e. The van der Waals surface area contributed by atoms with Crippen LogP contribution in [0, 0.1) is 0 Å². The summed E-state index contributed by atoms with van der Waals surface area (Å²) in [5.74, 6) is 0.0219. The molecular formula is C21H19F6NO2. The number of nitrogens with zero attached hydrogens (tertiary/aromatic N) is 1. The maximum absolute atomic E-state index is 13.0. The van der Waals surface area contributed by atoms with Crippen molar-refractivity contribution in [3.05, 3.63) is 64.7 Å². The normalized spacial score (nSPS) is 14.7. The minimum atomic E-state index is -5.91. The molecule has 30 heavy (non-hydrogen) atoms. The molecular weight excluding hydrogens is 412 g/mol. The predicted molar refractivity (Wildman–Crippen MR) is 98.3 cm³/mol. The monoisotopic (exact) mass is 431 g/mol. The van der Waals surface area contributed by atoms with E-state index in [1.165, 1.54) is 0 Å². The van der Waals surface area contributed by atoms with Crippen LogP contribution < -0.4 is 4.90 Å². The van der Waals surface area contributed by atoms with Gasteiger partial charge >= 0.3 is 12.4 Å². The highest BCUT2D eigenvalue weighted by Gasteiger charge is 2.71. The summed E-state index contributed by atoms with van der Waals surface area (Å²) in [5.41, 5.74) is -3.27. The van der Waals surface area contributed by atoms with Crippen molar-refractivity contribution >= 4 is 11.5 Å². The second kappa shape index (κ2) is 7.61. The summed E-state index contributed by atoms with van der Waals surface area (Å²) in [6, 6.07) is 8.91. The SMILES string of the molecule is CCC(=O)c1ccc2c(c1)CCN2Cc1ccc(C(O)(C(F)(F)F)C(F)(F)F)cc1. The van der Waals surface area contributed by atoms with Gasteiger partial charge < -0.3 is 10.0 Å². The van der Waals surface area contributed by atoms with Crippen LogP contribution in [0.2, 0.25) is 0 Å². The second-order valence-electron chi connectivity index (χ2n) is 7.19. The van der Waals surface area contributed by atoms with Gasteiger partial charge in [-0.3, -0.25) is 4.79 Å². The highest BCUT2D eigenvalue weighted by atomic mass is 19.4. The summed E-state index contributed by atoms with van der Waals surface area (Å²) < 4.78 is 78.0. The Hall–Kier alpha value is -2.55. The Bertz CT molecular complexity index is 920. The molecule has 0 spiro atoms. The Morgan fingerprint density at radius 3 is 2.13 bits per heavy atom. The Kier molecular flexibility index (Phi) is 5.62. The topological polar surface area (TPSA) is 40.5 Å². The molecule has 0 fully saturated rings. The minimum Gasteiger partial charge on any atom is -0.369 e. The lowest BCUT2D eigenvalue weighted by Crippen LogP contribution is -2.53. The van der Waals surface area contributed by atoms with E-state index >= 15 is 0 Å². The fourth-order valence-corrected chi connectivity index (χ4v) is 3.57. The van der Waals surface area contributed by atoms with Crippen molar-refractivity contribution in [2.75, 3.05) is 11.4 Å². The molecule has 162 valence electrons. The van der Waals surface area contributed by atoms with Crippen molar-refractivity contribution in [3.8, 4) is 0 Å². The van der Waals surface area contributed by atoms with Crippen LogP contribution in [0.1, 0.15) is 40.4 Å². The molecule has 0 amide bonds. The molecule has 0 aromatic heterocycles. The number of ketones is 1. The van der Waals surface area contributed by atoms with Crippen LogP contribution in [0.25, 0.3) is 0 Å². The number of Topliss-reactive ketones (excluding diaryl/α,β-unsaturated/α-hetero) is 1. The number of hydrogen-bond acceptors (Lipinski definition) is 3. The van der Waals surface area contributed by atoms with E-state index in [0.29, 0.717) is 42.6 Å². The molecule has 0 bridgehead atoms. The smallest absolute Gasteiger partial charge is 0.369 e. The number of hydrogen-bond donors (Lipinski definition) is 1. The quantitative estimate of drug-likeness (QED) is 0.526. The van der Waals surface area contributed by atoms with Gasteiger partial charge in [-0.25, -0.2) is 0 Å². The summed E-state index contributed by atoms with van der Waals surface area (Å²) in [4.78, 5) is 13.8. The predicted octanol–water partition coefficient (Wildman–Crippen LogP) is 5.15. The van der Waals surface area contributed by atoms with Gasteiger partial charge in [0.2, 0.25) is 0 Å². The van der Waals surface area contributed by atoms with Gasteiger partial charge in [0.05, 0.1) is 0 Å². The lowest BCUT2D eigenvalue weighted by Gasteiger charge is -2.32. The summed E-state index contributed by atoms with van der Waals surface area (Å²) >= 11 is 0. The van der Waals surface area contributed by atoms with E-state index in [2.05, 4.69) is 0 Å². The molecule has 0 saturated carbocycles. The fourth-order valence-electron chi connectivity index (χ4n) is 3.57. The average molecular weight is 431 g/mol. The molecule has 0 radical (unpaired) electrons. The molecule has 3 nitrogen and oxygen atoms in total. The molecule has 1 aliphatic heterocycles. The average Bonchev–Trinajstić information content (AvgIpc) is 3.07. The van der Waals surface area contributed by atoms with Crippen LogP contribution in [0.5, 0.6) is 0 Å². The van der Waals surface area contributed by atoms with Crippen molar-refractivity contribution in [3.63, 3.8) is 0 Å². The van der Waals surface area contributed by atoms with E-state index in [-0.39, 0.29) is 12.3 Å². The Morgan fingerprint density at radius 1 is 1.00 bits per heavy atom. The van der Waals surface area contributed by atoms with Crippen LogP contribution in [0.15, 0.2) is 42.5 Å². The van der Waals surface area contributed by atoms with Crippen LogP contribution >= 0.6 is 0 Å². The molecule has 3 rings (SSSR count). The van der Waals surface area contributed by atoms with Gasteiger partial charge in [-0.2, -0.15) is 26.3 Å². The number of alkyl halides is 6. The van der Waals surface area contributed by atoms with Gasteiger partial charge in [-0.1, -0.05) is 31.2 Å². The summed E-state index contributed by atoms with van der Waals surface area (Å²) in [5, 5.41) is 9.46. The van der Waals surface area contributed by atoms with Crippen LogP contribution in [-0.2, 0) is 18.6 Å². The number of aliphatic hydroxyl groups is 1. The van der Waals surface area contributed by atoms with Crippen LogP contribution in [0.3, 0.4) is 0 Å². The van der Waals surface area contributed by atoms with Crippen molar-refractivity contribution in [2.45, 2.75) is 44.3 Å². The number of rotatable bonds is 5. The fraction of sp³-hybridized carbons (Fsp3) is 0.381. The molecule has 9 heteroatoms. The first kappa shape index (κ1) is 22.1. The van der Waals surface area contributed by atoms with E-state index in [0.717, 1.165) is 23.4 Å². The maximum atomic E-state index is 13.0. The van der Waals surface area contributed by atoms with Gasteiger partial charge in [0.15, 0.2) is 5.78 Å². The number of halogens is 6. The number of benzene rings is 2. The molecule has 0 saturated heterocycles. The first-order valence-corrected chi connectivity index (χ1v) is 9.24. The van der Waals surface area contributed by atoms with Gasteiger partial charge in [-0.05, 0) is 35.7 Å². The maximum Gasteiger partial charge on any atom is 0.430 e. The van der Waals surface area contributed by atoms with Crippen molar-refractivity contribution in [1.29, 1.82) is 0 Å². The minimum absolute atomic E-state index is 0.0219. The van der Waals surface area contributed by atoms with Gasteiger partial charge in [-0.15, -0.1) is 0 Å². The second-order valence-corrected chi connectivity index (χ2v) is 7.19. The van der Waals surface area contributed by atoms with Crippen LogP contribution in [-0.4, -0.2) is 29.8 Å². The molecule has 2 aromatic rings. The van der Waals surface area contributed by atoms with E-state index in [1.807, 2.05) is 11.0 Å². The Labute approximate surface area is 168 Å². The highest BCUT2D eigenvalue weighted by molar-refractivity contribution is 5.96. The number of carbonyl (C=O) groups is 1. The number of fused-ring (bicyclic) bond motifs is 1. The van der Waals surface area contributed by atoms with E-state index < -0.39 is 23.5 Å². The third kappa shape index (κ3) is 3.78. The van der Waals surface area contributed by atoms with Gasteiger partial charge in [0.25, 0.3) is 5.60 Å². The molecule has 1 N–H and O–H groups in total. The molecule has 0 aliphatic carbocycles. The molecule has 1 heterocycles. The zero-order chi connectivity index (χ0) is 22.3. The van der Waals surface area contributed by atoms with Crippen molar-refractivity contribution in [2.24, 2.45) is 0 Å². The van der Waals surface area contributed by atoms with E-state index in [9.17, 15) is 36.2 Å². The van der Waals surface area contributed by atoms with Crippen molar-refractivity contribution in [1.82, 2.24) is 0 Å². The standard InChI is InChI=1S/C21H19F6NO2/c1-2-18(29)15-5-8-17-14(11-15)9-10-28(17)12-13-3-6-16(7-4-13)19(30,20(22,23)24)21(25,26)27/h3-8,11,30H,2,9-10,12H2,1H3. The summed E-state index contributed by atoms with van der Waals surface area (Å²) in [6.45, 7) is 2.64. The summed E-state index contributed by atoms with van der Waals surface area (Å²) in [7, 11) is 0. The molecule has 0 atom stereocenters. The molecule has 1 aliphatic rings. The lowest BCUT2D eigenvalue weighted by atomic mass is 9.91. The summed E-state index contributed by atoms with van der Waals surface area (Å²) in [6.07, 6.45) is -10.8. The van der Waals surface area contributed by atoms with Crippen molar-refractivity contribution < 1.29 is 36.2 Å². The van der Waals surface area contributed by atoms with Gasteiger partial charge in [0.1, 0.15) is 0 Å². The van der Waals surface area contributed by atoms with Gasteiger partial charge in [0, 0.05) is 36.3 Å². The zero-order valence-corrected chi connectivity index (χ0v) is 15.9. The first-order chi connectivity index (χ1) is 13.9. The zero-order valence-electron chi connectivity index (χ0n) is 15.9. The lowest BCUT2D eigenvalue weighted by molar-refractivity contribution is -0.376. The third-order valence-corrected chi connectivity index (χ3v) is 5.28. The third-order valence-electron chi connectivity index (χ3n) is 5.28. The highest BCUT2D eigenvalue weighted by Crippen LogP contribution is 2.50. The van der Waals surface area contributed by atoms with E-state index in [4.69, 9.17) is 0 Å². The Morgan fingerprint density at radius 2 is 1.60 bits per heavy atom. The number of anilines is 1. The van der Waals surface area contributed by atoms with Crippen LogP contribution in [0.4, 0.5) is 32.0 Å². The molecule has 0 unspecified atom stereocenters. The van der Waals surface area contributed by atoms with E-state index in [1.54, 1.807) is 19.1 Å². The first-order valence-electron chi connectivity index (χ1n) is 9.24.